The first kappa shape index (κ1) is 12.4. The molecule has 4 heteroatoms. The SMILES string of the molecule is O=C(c1nccc2ccccc12)N1CCCC(Cl)C1. The molecule has 1 saturated heterocycles. The molecule has 98 valence electrons. The molecule has 1 aromatic heterocycles. The number of halogens is 1. The number of likely N-dealkylation sites (tertiary alicyclic amines) is 1. The molecule has 0 radical (unpaired) electrons. The van der Waals surface area contributed by atoms with Gasteiger partial charge in [0.15, 0.2) is 0 Å². The van der Waals surface area contributed by atoms with Gasteiger partial charge in [0.25, 0.3) is 5.91 Å². The number of hydrogen-bond donors (Lipinski definition) is 0. The molecule has 3 nitrogen and oxygen atoms in total. The first-order valence-corrected chi connectivity index (χ1v) is 6.96. The smallest absolute Gasteiger partial charge is 0.273 e. The molecule has 0 spiro atoms. The van der Waals surface area contributed by atoms with Gasteiger partial charge in [0.2, 0.25) is 0 Å². The summed E-state index contributed by atoms with van der Waals surface area (Å²) < 4.78 is 0. The minimum atomic E-state index is -0.0119. The van der Waals surface area contributed by atoms with E-state index in [1.165, 1.54) is 0 Å². The van der Waals surface area contributed by atoms with Crippen molar-refractivity contribution in [2.24, 2.45) is 0 Å². The predicted molar refractivity (Wildman–Crippen MR) is 76.5 cm³/mol. The van der Waals surface area contributed by atoms with E-state index in [9.17, 15) is 4.79 Å². The molecule has 2 aromatic rings. The maximum atomic E-state index is 12.6. The van der Waals surface area contributed by atoms with Crippen molar-refractivity contribution < 1.29 is 4.79 Å². The summed E-state index contributed by atoms with van der Waals surface area (Å²) in [6.07, 6.45) is 3.64. The summed E-state index contributed by atoms with van der Waals surface area (Å²) in [5.74, 6) is -0.0119. The number of hydrogen-bond acceptors (Lipinski definition) is 2. The van der Waals surface area contributed by atoms with Gasteiger partial charge in [0.1, 0.15) is 5.69 Å². The second-order valence-corrected chi connectivity index (χ2v) is 5.49. The van der Waals surface area contributed by atoms with Crippen LogP contribution in [0.15, 0.2) is 36.5 Å². The third-order valence-electron chi connectivity index (χ3n) is 3.53. The van der Waals surface area contributed by atoms with E-state index in [0.29, 0.717) is 12.2 Å². The van der Waals surface area contributed by atoms with E-state index in [1.54, 1.807) is 6.20 Å². The van der Waals surface area contributed by atoms with Gasteiger partial charge in [0.05, 0.1) is 5.38 Å². The molecule has 0 aliphatic carbocycles. The lowest BCUT2D eigenvalue weighted by atomic mass is 10.1. The van der Waals surface area contributed by atoms with Crippen molar-refractivity contribution in [3.05, 3.63) is 42.2 Å². The van der Waals surface area contributed by atoms with E-state index in [1.807, 2.05) is 35.2 Å². The highest BCUT2D eigenvalue weighted by atomic mass is 35.5. The van der Waals surface area contributed by atoms with Crippen LogP contribution in [0.25, 0.3) is 10.8 Å². The second-order valence-electron chi connectivity index (χ2n) is 4.87. The Morgan fingerprint density at radius 2 is 2.16 bits per heavy atom. The summed E-state index contributed by atoms with van der Waals surface area (Å²) in [7, 11) is 0. The van der Waals surface area contributed by atoms with Gasteiger partial charge in [0, 0.05) is 24.7 Å². The van der Waals surface area contributed by atoms with E-state index < -0.39 is 0 Å². The average Bonchev–Trinajstić information content (AvgIpc) is 2.46. The fourth-order valence-electron chi connectivity index (χ4n) is 2.55. The molecular formula is C15H15ClN2O. The normalized spacial score (nSPS) is 19.6. The lowest BCUT2D eigenvalue weighted by Gasteiger charge is -2.29. The highest BCUT2D eigenvalue weighted by molar-refractivity contribution is 6.21. The Morgan fingerprint density at radius 3 is 3.00 bits per heavy atom. The maximum absolute atomic E-state index is 12.6. The molecule has 1 amide bonds. The van der Waals surface area contributed by atoms with Crippen LogP contribution in [0.3, 0.4) is 0 Å². The third-order valence-corrected chi connectivity index (χ3v) is 3.88. The molecule has 0 N–H and O–H groups in total. The molecular weight excluding hydrogens is 260 g/mol. The van der Waals surface area contributed by atoms with Crippen LogP contribution >= 0.6 is 11.6 Å². The van der Waals surface area contributed by atoms with E-state index in [2.05, 4.69) is 4.98 Å². The van der Waals surface area contributed by atoms with Gasteiger partial charge in [-0.05, 0) is 24.3 Å². The molecule has 1 atom stereocenters. The van der Waals surface area contributed by atoms with Crippen LogP contribution in [0.2, 0.25) is 0 Å². The van der Waals surface area contributed by atoms with Crippen LogP contribution in [0.5, 0.6) is 0 Å². The Labute approximate surface area is 117 Å². The van der Waals surface area contributed by atoms with Crippen LogP contribution in [-0.2, 0) is 0 Å². The van der Waals surface area contributed by atoms with Crippen molar-refractivity contribution in [3.8, 4) is 0 Å². The van der Waals surface area contributed by atoms with E-state index in [0.717, 1.165) is 30.2 Å². The van der Waals surface area contributed by atoms with Crippen LogP contribution in [0, 0.1) is 0 Å². The monoisotopic (exact) mass is 274 g/mol. The number of carbonyl (C=O) groups excluding carboxylic acids is 1. The van der Waals surface area contributed by atoms with Gasteiger partial charge < -0.3 is 4.90 Å². The number of pyridine rings is 1. The Bertz CT molecular complexity index is 609. The maximum Gasteiger partial charge on any atom is 0.273 e. The fourth-order valence-corrected chi connectivity index (χ4v) is 2.87. The molecule has 1 unspecified atom stereocenters. The second kappa shape index (κ2) is 5.17. The summed E-state index contributed by atoms with van der Waals surface area (Å²) in [6, 6.07) is 9.76. The van der Waals surface area contributed by atoms with Crippen molar-refractivity contribution in [1.29, 1.82) is 0 Å². The molecule has 1 fully saturated rings. The van der Waals surface area contributed by atoms with Gasteiger partial charge in [-0.3, -0.25) is 9.78 Å². The number of aromatic nitrogens is 1. The quantitative estimate of drug-likeness (QED) is 0.749. The highest BCUT2D eigenvalue weighted by Gasteiger charge is 2.24. The minimum Gasteiger partial charge on any atom is -0.336 e. The van der Waals surface area contributed by atoms with Crippen LogP contribution in [0.1, 0.15) is 23.3 Å². The summed E-state index contributed by atoms with van der Waals surface area (Å²) in [4.78, 5) is 18.7. The highest BCUT2D eigenvalue weighted by Crippen LogP contribution is 2.21. The van der Waals surface area contributed by atoms with Crippen molar-refractivity contribution in [1.82, 2.24) is 9.88 Å². The number of piperidine rings is 1. The minimum absolute atomic E-state index is 0.0119. The standard InChI is InChI=1S/C15H15ClN2O/c16-12-5-3-9-18(10-12)15(19)14-13-6-2-1-4-11(13)7-8-17-14/h1-2,4,6-8,12H,3,5,9-10H2. The fraction of sp³-hybridized carbons (Fsp3) is 0.333. The zero-order valence-electron chi connectivity index (χ0n) is 10.6. The number of fused-ring (bicyclic) bond motifs is 1. The number of benzene rings is 1. The average molecular weight is 275 g/mol. The molecule has 1 aromatic carbocycles. The summed E-state index contributed by atoms with van der Waals surface area (Å²) in [5, 5.41) is 2.01. The topological polar surface area (TPSA) is 33.2 Å². The van der Waals surface area contributed by atoms with E-state index >= 15 is 0 Å². The van der Waals surface area contributed by atoms with Gasteiger partial charge >= 0.3 is 0 Å². The molecule has 3 rings (SSSR count). The summed E-state index contributed by atoms with van der Waals surface area (Å²) in [5.41, 5.74) is 0.531. The summed E-state index contributed by atoms with van der Waals surface area (Å²) in [6.45, 7) is 1.39. The number of nitrogens with zero attached hydrogens (tertiary/aromatic N) is 2. The first-order valence-electron chi connectivity index (χ1n) is 6.53. The largest absolute Gasteiger partial charge is 0.336 e. The van der Waals surface area contributed by atoms with Gasteiger partial charge in [-0.15, -0.1) is 11.6 Å². The molecule has 1 aliphatic rings. The molecule has 0 saturated carbocycles. The van der Waals surface area contributed by atoms with Crippen molar-refractivity contribution in [2.75, 3.05) is 13.1 Å². The Balaban J connectivity index is 1.97. The Morgan fingerprint density at radius 1 is 1.32 bits per heavy atom. The lowest BCUT2D eigenvalue weighted by molar-refractivity contribution is 0.0723. The van der Waals surface area contributed by atoms with Gasteiger partial charge in [-0.2, -0.15) is 0 Å². The van der Waals surface area contributed by atoms with Gasteiger partial charge in [-0.1, -0.05) is 24.3 Å². The zero-order chi connectivity index (χ0) is 13.2. The molecule has 2 heterocycles. The lowest BCUT2D eigenvalue weighted by Crippen LogP contribution is -2.40. The zero-order valence-corrected chi connectivity index (χ0v) is 11.3. The van der Waals surface area contributed by atoms with Crippen molar-refractivity contribution in [2.45, 2.75) is 18.2 Å². The molecule has 0 bridgehead atoms. The number of amides is 1. The number of alkyl halides is 1. The summed E-state index contributed by atoms with van der Waals surface area (Å²) >= 11 is 6.15. The van der Waals surface area contributed by atoms with Crippen molar-refractivity contribution >= 4 is 28.3 Å². The number of carbonyl (C=O) groups is 1. The van der Waals surface area contributed by atoms with Crippen LogP contribution < -0.4 is 0 Å². The number of rotatable bonds is 1. The Hall–Kier alpha value is -1.61. The Kier molecular flexibility index (Phi) is 3.38. The van der Waals surface area contributed by atoms with E-state index in [-0.39, 0.29) is 11.3 Å². The molecule has 1 aliphatic heterocycles. The van der Waals surface area contributed by atoms with Crippen molar-refractivity contribution in [3.63, 3.8) is 0 Å². The van der Waals surface area contributed by atoms with Crippen LogP contribution in [-0.4, -0.2) is 34.3 Å². The van der Waals surface area contributed by atoms with Gasteiger partial charge in [-0.25, -0.2) is 0 Å². The molecule has 19 heavy (non-hydrogen) atoms. The van der Waals surface area contributed by atoms with Crippen LogP contribution in [0.4, 0.5) is 0 Å². The first-order chi connectivity index (χ1) is 9.25. The predicted octanol–water partition coefficient (Wildman–Crippen LogP) is 3.08. The van der Waals surface area contributed by atoms with E-state index in [4.69, 9.17) is 11.6 Å². The third kappa shape index (κ3) is 2.43.